The van der Waals surface area contributed by atoms with Crippen LogP contribution in [0.5, 0.6) is 0 Å². The smallest absolute Gasteiger partial charge is 0.263 e. The molecule has 0 radical (unpaired) electrons. The number of imide groups is 2. The minimum absolute atomic E-state index is 0.0841. The predicted octanol–water partition coefficient (Wildman–Crippen LogP) is 6.59. The Hall–Kier alpha value is -5.34. The molecule has 3 fully saturated rings. The number of rotatable bonds is 20. The Morgan fingerprint density at radius 3 is 2.30 bits per heavy atom. The fourth-order valence-electron chi connectivity index (χ4n) is 9.06. The van der Waals surface area contributed by atoms with Crippen LogP contribution < -0.4 is 15.5 Å². The van der Waals surface area contributed by atoms with E-state index in [0.717, 1.165) is 124 Å². The van der Waals surface area contributed by atoms with Gasteiger partial charge in [-0.3, -0.25) is 48.9 Å². The summed E-state index contributed by atoms with van der Waals surface area (Å²) in [5, 5.41) is 5.22. The van der Waals surface area contributed by atoms with Gasteiger partial charge in [-0.25, -0.2) is 0 Å². The molecule has 63 heavy (non-hydrogen) atoms. The molecule has 6 amide bonds. The van der Waals surface area contributed by atoms with Crippen LogP contribution in [0.4, 0.5) is 5.69 Å². The van der Waals surface area contributed by atoms with Crippen LogP contribution in [-0.4, -0.2) is 119 Å². The molecule has 1 atom stereocenters. The predicted molar refractivity (Wildman–Crippen MR) is 245 cm³/mol. The highest BCUT2D eigenvalue weighted by molar-refractivity contribution is 7.99. The second-order valence-corrected chi connectivity index (χ2v) is 18.3. The van der Waals surface area contributed by atoms with Gasteiger partial charge in [0.2, 0.25) is 17.7 Å². The lowest BCUT2D eigenvalue weighted by molar-refractivity contribution is -0.136. The number of nitrogens with one attached hydrogen (secondary N) is 2. The molecule has 4 aliphatic rings. The highest BCUT2D eigenvalue weighted by atomic mass is 32.2. The van der Waals surface area contributed by atoms with Crippen molar-refractivity contribution in [1.29, 1.82) is 0 Å². The van der Waals surface area contributed by atoms with E-state index in [9.17, 15) is 28.8 Å². The summed E-state index contributed by atoms with van der Waals surface area (Å²) in [5.74, 6) is -0.379. The number of hydrogen-bond acceptors (Lipinski definition) is 10. The maximum Gasteiger partial charge on any atom is 0.263 e. The average Bonchev–Trinajstić information content (AvgIpc) is 3.56. The second-order valence-electron chi connectivity index (χ2n) is 17.1. The lowest BCUT2D eigenvalue weighted by Crippen LogP contribution is -2.54. The SMILES string of the molecule is O=C(/C=C/c1cccnc1)NCCCCC1CCN(C(=O)c2ccc(N3CCN(CCCCCCCCSc4cccc5c4C(=O)N(C4CCC(=O)NC4=O)C5=O)CC3)cc2)CC1. The van der Waals surface area contributed by atoms with E-state index in [1.165, 1.54) is 24.9 Å². The molecule has 0 spiro atoms. The highest BCUT2D eigenvalue weighted by Crippen LogP contribution is 2.35. The quantitative estimate of drug-likeness (QED) is 0.0551. The lowest BCUT2D eigenvalue weighted by Gasteiger charge is -2.36. The van der Waals surface area contributed by atoms with Crippen LogP contribution in [0.3, 0.4) is 0 Å². The zero-order valence-corrected chi connectivity index (χ0v) is 37.1. The van der Waals surface area contributed by atoms with Crippen molar-refractivity contribution < 1.29 is 28.8 Å². The fourth-order valence-corrected chi connectivity index (χ4v) is 10.1. The highest BCUT2D eigenvalue weighted by Gasteiger charge is 2.45. The van der Waals surface area contributed by atoms with Crippen molar-refractivity contribution >= 4 is 59.0 Å². The van der Waals surface area contributed by atoms with E-state index in [2.05, 4.69) is 37.6 Å². The zero-order chi connectivity index (χ0) is 44.0. The number of anilines is 1. The Kier molecular flexibility index (Phi) is 16.6. The molecule has 0 bridgehead atoms. The standard InChI is InChI=1S/C49H61N7O6S/c57-43(21-15-37-12-10-25-50-35-37)51-26-6-5-11-36-23-28-55(29-24-36)47(60)38-16-18-39(19-17-38)54-32-30-53(31-33-54)27-7-3-1-2-4-8-34-63-42-14-9-13-40-45(42)49(62)56(48(40)61)41-20-22-44(58)52-46(41)59/h9-10,12-19,21,25,35-36,41H,1-8,11,20,22-24,26-34H2,(H,51,57)(H,52,58,59)/b21-15+. The topological polar surface area (TPSA) is 152 Å². The molecule has 7 rings (SSSR count). The van der Waals surface area contributed by atoms with Crippen molar-refractivity contribution in [3.8, 4) is 0 Å². The lowest BCUT2D eigenvalue weighted by atomic mass is 9.91. The first-order chi connectivity index (χ1) is 30.7. The molecule has 4 aliphatic heterocycles. The van der Waals surface area contributed by atoms with Crippen LogP contribution in [0.2, 0.25) is 0 Å². The molecule has 1 aromatic heterocycles. The van der Waals surface area contributed by atoms with Gasteiger partial charge in [0.25, 0.3) is 17.7 Å². The van der Waals surface area contributed by atoms with Crippen LogP contribution in [0, 0.1) is 5.92 Å². The Labute approximate surface area is 375 Å². The van der Waals surface area contributed by atoms with E-state index >= 15 is 0 Å². The molecule has 1 unspecified atom stereocenters. The monoisotopic (exact) mass is 875 g/mol. The Morgan fingerprint density at radius 1 is 0.794 bits per heavy atom. The van der Waals surface area contributed by atoms with Gasteiger partial charge in [0.15, 0.2) is 0 Å². The van der Waals surface area contributed by atoms with Crippen molar-refractivity contribution in [2.24, 2.45) is 5.92 Å². The van der Waals surface area contributed by atoms with Gasteiger partial charge in [-0.1, -0.05) is 50.7 Å². The Balaban J connectivity index is 0.708. The molecular weight excluding hydrogens is 815 g/mol. The van der Waals surface area contributed by atoms with E-state index < -0.39 is 23.8 Å². The van der Waals surface area contributed by atoms with Crippen molar-refractivity contribution in [3.05, 3.63) is 95.3 Å². The van der Waals surface area contributed by atoms with Gasteiger partial charge in [0.1, 0.15) is 6.04 Å². The van der Waals surface area contributed by atoms with Crippen LogP contribution in [0.15, 0.2) is 78.0 Å². The van der Waals surface area contributed by atoms with Gasteiger partial charge in [-0.15, -0.1) is 11.8 Å². The van der Waals surface area contributed by atoms with Gasteiger partial charge in [-0.2, -0.15) is 0 Å². The maximum absolute atomic E-state index is 13.3. The van der Waals surface area contributed by atoms with Crippen molar-refractivity contribution in [1.82, 2.24) is 30.3 Å². The number of carbonyl (C=O) groups excluding carboxylic acids is 6. The van der Waals surface area contributed by atoms with E-state index in [1.54, 1.807) is 48.4 Å². The third kappa shape index (κ3) is 12.4. The van der Waals surface area contributed by atoms with Crippen LogP contribution in [-0.2, 0) is 14.4 Å². The zero-order valence-electron chi connectivity index (χ0n) is 36.3. The number of aromatic nitrogens is 1. The third-order valence-electron chi connectivity index (χ3n) is 12.8. The number of nitrogens with zero attached hydrogens (tertiary/aromatic N) is 5. The second kappa shape index (κ2) is 22.8. The molecule has 2 N–H and O–H groups in total. The summed E-state index contributed by atoms with van der Waals surface area (Å²) in [7, 11) is 0. The summed E-state index contributed by atoms with van der Waals surface area (Å²) in [5.41, 5.74) is 3.55. The maximum atomic E-state index is 13.3. The number of hydrogen-bond donors (Lipinski definition) is 2. The van der Waals surface area contributed by atoms with Crippen LogP contribution >= 0.6 is 11.8 Å². The minimum Gasteiger partial charge on any atom is -0.369 e. The van der Waals surface area contributed by atoms with E-state index in [-0.39, 0.29) is 30.6 Å². The number of carbonyl (C=O) groups is 6. The number of benzene rings is 2. The number of pyridine rings is 1. The molecule has 0 saturated carbocycles. The molecule has 2 aromatic carbocycles. The number of thioether (sulfide) groups is 1. The van der Waals surface area contributed by atoms with Gasteiger partial charge in [-0.05, 0) is 111 Å². The molecular formula is C49H61N7O6S. The van der Waals surface area contributed by atoms with Crippen LogP contribution in [0.25, 0.3) is 6.08 Å². The number of piperazine rings is 1. The number of fused-ring (bicyclic) bond motifs is 1. The first kappa shape index (κ1) is 45.7. The van der Waals surface area contributed by atoms with Crippen LogP contribution in [0.1, 0.15) is 120 Å². The fraction of sp³-hybridized carbons (Fsp3) is 0.490. The molecule has 3 aromatic rings. The number of amides is 6. The number of likely N-dealkylation sites (tertiary alicyclic amines) is 1. The van der Waals surface area contributed by atoms with Gasteiger partial charge < -0.3 is 15.1 Å². The largest absolute Gasteiger partial charge is 0.369 e. The van der Waals surface area contributed by atoms with Crippen molar-refractivity contribution in [2.45, 2.75) is 94.4 Å². The number of piperidine rings is 2. The third-order valence-corrected chi connectivity index (χ3v) is 13.9. The van der Waals surface area contributed by atoms with Crippen molar-refractivity contribution in [3.63, 3.8) is 0 Å². The molecule has 0 aliphatic carbocycles. The summed E-state index contributed by atoms with van der Waals surface area (Å²) in [6.07, 6.45) is 19.1. The van der Waals surface area contributed by atoms with Crippen molar-refractivity contribution in [2.75, 3.05) is 63.0 Å². The summed E-state index contributed by atoms with van der Waals surface area (Å²) < 4.78 is 0. The minimum atomic E-state index is -0.952. The molecule has 334 valence electrons. The Morgan fingerprint density at radius 2 is 1.56 bits per heavy atom. The molecule has 5 heterocycles. The first-order valence-corrected chi connectivity index (χ1v) is 23.9. The average molecular weight is 876 g/mol. The first-order valence-electron chi connectivity index (χ1n) is 22.9. The summed E-state index contributed by atoms with van der Waals surface area (Å²) in [6, 6.07) is 16.3. The summed E-state index contributed by atoms with van der Waals surface area (Å²) in [4.78, 5) is 88.8. The normalized spacial score (nSPS) is 18.6. The van der Waals surface area contributed by atoms with Gasteiger partial charge in [0, 0.05) is 86.9 Å². The molecule has 14 heteroatoms. The molecule has 13 nitrogen and oxygen atoms in total. The van der Waals surface area contributed by atoms with Gasteiger partial charge >= 0.3 is 0 Å². The molecule has 3 saturated heterocycles. The summed E-state index contributed by atoms with van der Waals surface area (Å²) in [6.45, 7) is 7.40. The van der Waals surface area contributed by atoms with E-state index in [4.69, 9.17) is 0 Å². The van der Waals surface area contributed by atoms with E-state index in [1.807, 2.05) is 35.2 Å². The Bertz CT molecular complexity index is 2100. The van der Waals surface area contributed by atoms with Gasteiger partial charge in [0.05, 0.1) is 11.1 Å². The summed E-state index contributed by atoms with van der Waals surface area (Å²) >= 11 is 1.59. The number of unbranched alkanes of at least 4 members (excludes halogenated alkanes) is 6. The van der Waals surface area contributed by atoms with E-state index in [0.29, 0.717) is 23.6 Å².